The minimum Gasteiger partial charge on any atom is -0.456 e. The van der Waals surface area contributed by atoms with Gasteiger partial charge in [0.1, 0.15) is 12.2 Å². The van der Waals surface area contributed by atoms with Crippen molar-refractivity contribution in [1.82, 2.24) is 0 Å². The number of aliphatic hydroxyl groups is 1. The molecule has 10 heteroatoms. The standard InChI is InChI=1S/C19H35FO8Si/c1-11(22)25-15-14(28-29(20,18(3,4)5)19(6,7)8)13(10-21)27-17(24-9)16(15)26-12(2)23/h13-17,21H,10H2,1-9H3/t13-,14-,15+,16-,17+/m1/s1. The van der Waals surface area contributed by atoms with Gasteiger partial charge in [0.2, 0.25) is 0 Å². The highest BCUT2D eigenvalue weighted by molar-refractivity contribution is 6.72. The zero-order chi connectivity index (χ0) is 22.8. The summed E-state index contributed by atoms with van der Waals surface area (Å²) in [6, 6.07) is 0. The number of carbonyl (C=O) groups is 2. The second-order valence-corrected chi connectivity index (χ2v) is 13.7. The van der Waals surface area contributed by atoms with Crippen LogP contribution in [0.3, 0.4) is 0 Å². The molecule has 0 amide bonds. The van der Waals surface area contributed by atoms with E-state index < -0.39 is 68.0 Å². The van der Waals surface area contributed by atoms with E-state index in [1.165, 1.54) is 21.0 Å². The Kier molecular flexibility index (Phi) is 8.40. The molecule has 0 bridgehead atoms. The molecule has 0 aromatic carbocycles. The van der Waals surface area contributed by atoms with E-state index >= 15 is 4.11 Å². The fourth-order valence-corrected chi connectivity index (χ4v) is 7.28. The Morgan fingerprint density at radius 3 is 1.76 bits per heavy atom. The zero-order valence-electron chi connectivity index (χ0n) is 18.8. The molecule has 1 heterocycles. The lowest BCUT2D eigenvalue weighted by Gasteiger charge is -2.50. The predicted molar refractivity (Wildman–Crippen MR) is 105 cm³/mol. The molecule has 1 aliphatic rings. The maximum atomic E-state index is 16.5. The first-order valence-electron chi connectivity index (χ1n) is 9.59. The van der Waals surface area contributed by atoms with Crippen molar-refractivity contribution in [2.24, 2.45) is 0 Å². The number of hydrogen-bond acceptors (Lipinski definition) is 8. The van der Waals surface area contributed by atoms with Gasteiger partial charge in [-0.3, -0.25) is 13.7 Å². The lowest BCUT2D eigenvalue weighted by atomic mass is 9.98. The molecule has 0 aromatic rings. The van der Waals surface area contributed by atoms with E-state index in [-0.39, 0.29) is 0 Å². The van der Waals surface area contributed by atoms with Crippen molar-refractivity contribution in [2.45, 2.75) is 96.2 Å². The van der Waals surface area contributed by atoms with E-state index in [4.69, 9.17) is 23.4 Å². The SMILES string of the molecule is CO[C@H]1O[C@H](CO)[C@@H](O[Si](F)(C(C)(C)C)C(C)(C)C)[C@H](OC(C)=O)[C@H]1OC(C)=O. The largest absolute Gasteiger partial charge is 0.456 e. The van der Waals surface area contributed by atoms with E-state index in [9.17, 15) is 14.7 Å². The molecule has 0 radical (unpaired) electrons. The number of ether oxygens (including phenoxy) is 4. The van der Waals surface area contributed by atoms with Crippen molar-refractivity contribution in [2.75, 3.05) is 13.7 Å². The molecule has 1 N–H and O–H groups in total. The molecule has 1 rings (SSSR count). The average molecular weight is 439 g/mol. The maximum absolute atomic E-state index is 16.5. The summed E-state index contributed by atoms with van der Waals surface area (Å²) in [5.74, 6) is -1.33. The number of hydrogen-bond donors (Lipinski definition) is 1. The number of rotatable bonds is 6. The molecular formula is C19H35FO8Si. The van der Waals surface area contributed by atoms with Gasteiger partial charge >= 0.3 is 20.6 Å². The molecule has 5 atom stereocenters. The number of aliphatic hydroxyl groups excluding tert-OH is 1. The van der Waals surface area contributed by atoms with E-state index in [1.807, 2.05) is 0 Å². The van der Waals surface area contributed by atoms with Gasteiger partial charge in [-0.25, -0.2) is 0 Å². The first kappa shape index (κ1) is 26.0. The Hall–Kier alpha value is -1.07. The minimum absolute atomic E-state index is 0.534. The Bertz CT molecular complexity index is 572. The van der Waals surface area contributed by atoms with Crippen molar-refractivity contribution < 1.29 is 42.2 Å². The van der Waals surface area contributed by atoms with Gasteiger partial charge in [0.05, 0.1) is 6.61 Å². The lowest BCUT2D eigenvalue weighted by molar-refractivity contribution is -0.298. The zero-order valence-corrected chi connectivity index (χ0v) is 19.8. The maximum Gasteiger partial charge on any atom is 0.394 e. The summed E-state index contributed by atoms with van der Waals surface area (Å²) >= 11 is 0. The van der Waals surface area contributed by atoms with Gasteiger partial charge in [0, 0.05) is 31.0 Å². The number of esters is 2. The second-order valence-electron chi connectivity index (χ2n) is 9.29. The fourth-order valence-electron chi connectivity index (χ4n) is 3.67. The molecule has 8 nitrogen and oxygen atoms in total. The monoisotopic (exact) mass is 438 g/mol. The van der Waals surface area contributed by atoms with Crippen LogP contribution in [0, 0.1) is 0 Å². The fraction of sp³-hybridized carbons (Fsp3) is 0.895. The van der Waals surface area contributed by atoms with Crippen LogP contribution in [-0.2, 0) is 33.0 Å². The van der Waals surface area contributed by atoms with Crippen molar-refractivity contribution >= 4 is 20.6 Å². The summed E-state index contributed by atoms with van der Waals surface area (Å²) < 4.78 is 44.2. The summed E-state index contributed by atoms with van der Waals surface area (Å²) in [6.45, 7) is 12.3. The number of methoxy groups -OCH3 is 1. The number of carbonyl (C=O) groups excluding carboxylic acids is 2. The molecule has 1 aliphatic heterocycles. The van der Waals surface area contributed by atoms with Gasteiger partial charge in [0.15, 0.2) is 18.5 Å². The van der Waals surface area contributed by atoms with Gasteiger partial charge in [0.25, 0.3) is 0 Å². The van der Waals surface area contributed by atoms with E-state index in [1.54, 1.807) is 41.5 Å². The van der Waals surface area contributed by atoms with Gasteiger partial charge in [-0.2, -0.15) is 0 Å². The second kappa shape index (κ2) is 9.38. The van der Waals surface area contributed by atoms with Gasteiger partial charge in [-0.15, -0.1) is 0 Å². The first-order chi connectivity index (χ1) is 13.1. The minimum atomic E-state index is -4.06. The summed E-state index contributed by atoms with van der Waals surface area (Å²) in [7, 11) is -2.74. The van der Waals surface area contributed by atoms with Crippen LogP contribution in [-0.4, -0.2) is 70.1 Å². The highest BCUT2D eigenvalue weighted by atomic mass is 28.4. The van der Waals surface area contributed by atoms with Crippen LogP contribution < -0.4 is 0 Å². The van der Waals surface area contributed by atoms with Gasteiger partial charge < -0.3 is 28.5 Å². The quantitative estimate of drug-likeness (QED) is 0.384. The van der Waals surface area contributed by atoms with Crippen LogP contribution in [0.5, 0.6) is 0 Å². The van der Waals surface area contributed by atoms with Crippen LogP contribution in [0.4, 0.5) is 4.11 Å². The predicted octanol–water partition coefficient (Wildman–Crippen LogP) is 2.61. The Morgan fingerprint density at radius 1 is 0.966 bits per heavy atom. The molecule has 29 heavy (non-hydrogen) atoms. The van der Waals surface area contributed by atoms with Crippen LogP contribution in [0.25, 0.3) is 0 Å². The topological polar surface area (TPSA) is 101 Å². The third-order valence-corrected chi connectivity index (χ3v) is 9.29. The third kappa shape index (κ3) is 5.75. The van der Waals surface area contributed by atoms with Gasteiger partial charge in [-0.1, -0.05) is 41.5 Å². The van der Waals surface area contributed by atoms with Crippen LogP contribution in [0.1, 0.15) is 55.4 Å². The van der Waals surface area contributed by atoms with E-state index in [0.29, 0.717) is 0 Å². The van der Waals surface area contributed by atoms with E-state index in [0.717, 1.165) is 0 Å². The molecule has 0 unspecified atom stereocenters. The van der Waals surface area contributed by atoms with Crippen molar-refractivity contribution in [1.29, 1.82) is 0 Å². The van der Waals surface area contributed by atoms with Crippen molar-refractivity contribution in [3.05, 3.63) is 0 Å². The molecule has 1 fully saturated rings. The molecule has 0 spiro atoms. The summed E-state index contributed by atoms with van der Waals surface area (Å²) in [6.07, 6.45) is -5.79. The summed E-state index contributed by atoms with van der Waals surface area (Å²) in [5, 5.41) is 8.19. The van der Waals surface area contributed by atoms with Crippen LogP contribution in [0.2, 0.25) is 10.1 Å². The molecule has 1 saturated heterocycles. The van der Waals surface area contributed by atoms with Crippen LogP contribution >= 0.6 is 0 Å². The lowest BCUT2D eigenvalue weighted by Crippen LogP contribution is -2.66. The highest BCUT2D eigenvalue weighted by Crippen LogP contribution is 2.53. The smallest absolute Gasteiger partial charge is 0.394 e. The van der Waals surface area contributed by atoms with Crippen molar-refractivity contribution in [3.8, 4) is 0 Å². The average Bonchev–Trinajstić information content (AvgIpc) is 2.54. The third-order valence-electron chi connectivity index (χ3n) is 4.84. The summed E-state index contributed by atoms with van der Waals surface area (Å²) in [4.78, 5) is 23.4. The van der Waals surface area contributed by atoms with Crippen molar-refractivity contribution in [3.63, 3.8) is 0 Å². The molecule has 0 aromatic heterocycles. The molecule has 0 aliphatic carbocycles. The Labute approximate surface area is 173 Å². The molecule has 170 valence electrons. The van der Waals surface area contributed by atoms with Gasteiger partial charge in [-0.05, 0) is 0 Å². The number of halogens is 1. The Balaban J connectivity index is 3.49. The molecular weight excluding hydrogens is 403 g/mol. The Morgan fingerprint density at radius 2 is 1.41 bits per heavy atom. The van der Waals surface area contributed by atoms with E-state index in [2.05, 4.69) is 0 Å². The normalized spacial score (nSPS) is 28.7. The summed E-state index contributed by atoms with van der Waals surface area (Å²) in [5.41, 5.74) is 0. The first-order valence-corrected chi connectivity index (χ1v) is 11.4. The van der Waals surface area contributed by atoms with Crippen LogP contribution in [0.15, 0.2) is 0 Å². The highest BCUT2D eigenvalue weighted by Gasteiger charge is 2.62. The molecule has 0 saturated carbocycles.